The van der Waals surface area contributed by atoms with Gasteiger partial charge in [0.2, 0.25) is 16.2 Å². The molecule has 0 unspecified atom stereocenters. The van der Waals surface area contributed by atoms with E-state index in [4.69, 9.17) is 15.0 Å². The number of rotatable bonds is 16. The molecule has 0 radical (unpaired) electrons. The molecule has 2 amide bonds. The number of unbranched alkanes of at least 4 members (excludes halogenated alkanes) is 1. The number of carboxylic acid groups (broad SMARTS) is 1. The molecule has 2 heterocycles. The average molecular weight is 644 g/mol. The molecule has 0 bridgehead atoms. The van der Waals surface area contributed by atoms with Gasteiger partial charge >= 0.3 is 5.97 Å². The van der Waals surface area contributed by atoms with Crippen molar-refractivity contribution in [1.82, 2.24) is 30.6 Å². The number of fused-ring (bicyclic) bond motifs is 1. The summed E-state index contributed by atoms with van der Waals surface area (Å²) in [6.07, 6.45) is 2.91. The Morgan fingerprint density at radius 1 is 1.09 bits per heavy atom. The second kappa shape index (κ2) is 14.9. The average Bonchev–Trinajstić information content (AvgIpc) is 3.63. The Morgan fingerprint density at radius 3 is 2.59 bits per heavy atom. The zero-order valence-corrected chi connectivity index (χ0v) is 25.6. The highest BCUT2D eigenvalue weighted by Gasteiger charge is 2.22. The number of sulfonamides is 1. The summed E-state index contributed by atoms with van der Waals surface area (Å²) in [7, 11) is -3.91. The van der Waals surface area contributed by atoms with E-state index < -0.39 is 22.0 Å². The second-order valence-corrected chi connectivity index (χ2v) is 12.9. The van der Waals surface area contributed by atoms with E-state index >= 15 is 0 Å². The summed E-state index contributed by atoms with van der Waals surface area (Å²) in [6.45, 7) is 2.73. The van der Waals surface area contributed by atoms with Crippen LogP contribution in [-0.4, -0.2) is 57.8 Å². The molecule has 5 N–H and O–H groups in total. The van der Waals surface area contributed by atoms with E-state index in [-0.39, 0.29) is 35.6 Å². The number of carbonyl (C=O) groups excluding carboxylic acids is 2. The van der Waals surface area contributed by atoms with Crippen LogP contribution < -0.4 is 20.5 Å². The Balaban J connectivity index is 1.37. The monoisotopic (exact) mass is 643 g/mol. The molecule has 0 saturated carbocycles. The van der Waals surface area contributed by atoms with Crippen LogP contribution in [0, 0.1) is 6.92 Å². The molecule has 2 aromatic carbocycles. The highest BCUT2D eigenvalue weighted by molar-refractivity contribution is 7.91. The third-order valence-electron chi connectivity index (χ3n) is 6.53. The summed E-state index contributed by atoms with van der Waals surface area (Å²) in [6, 6.07) is 12.1. The molecular formula is C28H33N7O7S2. The molecule has 0 spiro atoms. The van der Waals surface area contributed by atoms with Gasteiger partial charge in [-0.05, 0) is 49.9 Å². The van der Waals surface area contributed by atoms with E-state index in [9.17, 15) is 22.8 Å². The van der Waals surface area contributed by atoms with Crippen molar-refractivity contribution in [2.75, 3.05) is 6.54 Å². The Hall–Kier alpha value is -4.41. The molecule has 4 rings (SSSR count). The topological polar surface area (TPSA) is 208 Å². The highest BCUT2D eigenvalue weighted by Crippen LogP contribution is 2.28. The number of nitrogens with zero attached hydrogens (tertiary/aromatic N) is 4. The van der Waals surface area contributed by atoms with Crippen molar-refractivity contribution in [3.8, 4) is 5.75 Å². The van der Waals surface area contributed by atoms with Crippen molar-refractivity contribution < 1.29 is 32.6 Å². The van der Waals surface area contributed by atoms with E-state index in [1.165, 1.54) is 4.68 Å². The Kier molecular flexibility index (Phi) is 11.0. The maximum absolute atomic E-state index is 13.3. The maximum atomic E-state index is 13.3. The number of hydrogen-bond donors (Lipinski definition) is 4. The number of thiazole rings is 1. The van der Waals surface area contributed by atoms with Crippen LogP contribution in [0.25, 0.3) is 10.2 Å². The molecule has 0 aliphatic rings. The third-order valence-corrected chi connectivity index (χ3v) is 8.87. The Labute approximate surface area is 257 Å². The van der Waals surface area contributed by atoms with Gasteiger partial charge in [-0.1, -0.05) is 35.0 Å². The first-order valence-electron chi connectivity index (χ1n) is 13.8. The maximum Gasteiger partial charge on any atom is 0.303 e. The number of aryl methyl sites for hydroxylation is 1. The fourth-order valence-corrected chi connectivity index (χ4v) is 5.87. The molecule has 44 heavy (non-hydrogen) atoms. The van der Waals surface area contributed by atoms with Gasteiger partial charge in [0.25, 0.3) is 10.0 Å². The van der Waals surface area contributed by atoms with Crippen molar-refractivity contribution in [3.63, 3.8) is 0 Å². The number of hydrogen-bond acceptors (Lipinski definition) is 10. The number of aromatic nitrogens is 4. The predicted octanol–water partition coefficient (Wildman–Crippen LogP) is 2.43. The van der Waals surface area contributed by atoms with Crippen molar-refractivity contribution in [2.24, 2.45) is 5.14 Å². The van der Waals surface area contributed by atoms with Gasteiger partial charge in [0.05, 0.1) is 22.8 Å². The quantitative estimate of drug-likeness (QED) is 0.131. The van der Waals surface area contributed by atoms with Gasteiger partial charge in [-0.25, -0.2) is 23.2 Å². The van der Waals surface area contributed by atoms with Crippen molar-refractivity contribution >= 4 is 49.4 Å². The molecule has 234 valence electrons. The summed E-state index contributed by atoms with van der Waals surface area (Å²) < 4.78 is 31.0. The van der Waals surface area contributed by atoms with Crippen LogP contribution >= 0.6 is 11.3 Å². The van der Waals surface area contributed by atoms with Crippen LogP contribution in [0.1, 0.15) is 55.0 Å². The van der Waals surface area contributed by atoms with Gasteiger partial charge in [0, 0.05) is 19.5 Å². The molecule has 16 heteroatoms. The van der Waals surface area contributed by atoms with Gasteiger partial charge in [-0.2, -0.15) is 0 Å². The summed E-state index contributed by atoms with van der Waals surface area (Å²) in [5, 5.41) is 27.9. The number of carboxylic acids is 1. The van der Waals surface area contributed by atoms with Gasteiger partial charge in [-0.15, -0.1) is 16.4 Å². The van der Waals surface area contributed by atoms with Crippen molar-refractivity contribution in [1.29, 1.82) is 0 Å². The fourth-order valence-electron chi connectivity index (χ4n) is 4.18. The van der Waals surface area contributed by atoms with E-state index in [1.54, 1.807) is 24.4 Å². The molecule has 14 nitrogen and oxygen atoms in total. The molecule has 0 fully saturated rings. The highest BCUT2D eigenvalue weighted by atomic mass is 32.2. The lowest BCUT2D eigenvalue weighted by Crippen LogP contribution is -2.33. The minimum absolute atomic E-state index is 0.0481. The van der Waals surface area contributed by atoms with Crippen LogP contribution in [0.2, 0.25) is 0 Å². The number of benzene rings is 2. The van der Waals surface area contributed by atoms with Crippen molar-refractivity contribution in [2.45, 2.75) is 62.6 Å². The first-order valence-corrected chi connectivity index (χ1v) is 16.1. The lowest BCUT2D eigenvalue weighted by Gasteiger charge is -2.17. The van der Waals surface area contributed by atoms with Crippen LogP contribution in [0.3, 0.4) is 0 Å². The lowest BCUT2D eigenvalue weighted by molar-refractivity contribution is -0.138. The minimum atomic E-state index is -3.91. The van der Waals surface area contributed by atoms with Crippen LogP contribution in [0.15, 0.2) is 53.0 Å². The predicted molar refractivity (Wildman–Crippen MR) is 161 cm³/mol. The van der Waals surface area contributed by atoms with Crippen LogP contribution in [0.5, 0.6) is 5.75 Å². The smallest absolute Gasteiger partial charge is 0.303 e. The number of aliphatic carboxylic acids is 1. The largest absolute Gasteiger partial charge is 0.487 e. The number of nitrogens with one attached hydrogen (secondary N) is 2. The molecule has 1 atom stereocenters. The molecule has 2 aromatic heterocycles. The van der Waals surface area contributed by atoms with E-state index in [1.807, 2.05) is 31.2 Å². The molecule has 0 aliphatic heterocycles. The van der Waals surface area contributed by atoms with E-state index in [0.29, 0.717) is 54.0 Å². The third kappa shape index (κ3) is 9.55. The standard InChI is InChI=1S/C28H33N7O7S2/c1-18-5-7-19(8-6-18)15-31-27(39)23(4-2-3-13-30-25(36)11-12-26(37)38)35-16-20(33-34-35)17-42-21-9-10-22-24(14-21)43-28(32-22)44(29,40)41/h5-10,14,16,23H,2-4,11-13,15,17H2,1H3,(H,30,36)(H,31,39)(H,37,38)(H2,29,40,41)/t23-/m0/s1. The summed E-state index contributed by atoms with van der Waals surface area (Å²) in [4.78, 5) is 39.7. The molecular weight excluding hydrogens is 610 g/mol. The second-order valence-electron chi connectivity index (χ2n) is 10.1. The zero-order chi connectivity index (χ0) is 31.7. The van der Waals surface area contributed by atoms with E-state index in [0.717, 1.165) is 22.5 Å². The first kappa shape index (κ1) is 32.5. The van der Waals surface area contributed by atoms with Gasteiger partial charge in [0.1, 0.15) is 24.1 Å². The first-order chi connectivity index (χ1) is 21.0. The number of carbonyl (C=O) groups is 3. The number of primary sulfonamides is 1. The van der Waals surface area contributed by atoms with Gasteiger partial charge in [-0.3, -0.25) is 14.4 Å². The normalized spacial score (nSPS) is 12.1. The van der Waals surface area contributed by atoms with Crippen LogP contribution in [-0.2, 0) is 37.6 Å². The van der Waals surface area contributed by atoms with Gasteiger partial charge < -0.3 is 20.5 Å². The summed E-state index contributed by atoms with van der Waals surface area (Å²) >= 11 is 0.944. The Bertz CT molecular complexity index is 1720. The molecule has 4 aromatic rings. The lowest BCUT2D eigenvalue weighted by atomic mass is 10.1. The molecule has 0 aliphatic carbocycles. The van der Waals surface area contributed by atoms with Crippen LogP contribution in [0.4, 0.5) is 0 Å². The zero-order valence-electron chi connectivity index (χ0n) is 23.9. The number of ether oxygens (including phenoxy) is 1. The van der Waals surface area contributed by atoms with Crippen molar-refractivity contribution in [3.05, 3.63) is 65.5 Å². The van der Waals surface area contributed by atoms with Gasteiger partial charge in [0.15, 0.2) is 0 Å². The number of amides is 2. The summed E-state index contributed by atoms with van der Waals surface area (Å²) in [5.74, 6) is -1.14. The Morgan fingerprint density at radius 2 is 1.86 bits per heavy atom. The van der Waals surface area contributed by atoms with E-state index in [2.05, 4.69) is 25.9 Å². The fraction of sp³-hybridized carbons (Fsp3) is 0.357. The number of nitrogens with two attached hydrogens (primary N) is 1. The molecule has 0 saturated heterocycles. The summed E-state index contributed by atoms with van der Waals surface area (Å²) in [5.41, 5.74) is 3.03. The minimum Gasteiger partial charge on any atom is -0.487 e. The SMILES string of the molecule is Cc1ccc(CNC(=O)[C@H](CCCCNC(=O)CCC(=O)O)n2cc(COc3ccc4nc(S(N)(=O)=O)sc4c3)nn2)cc1.